The predicted octanol–water partition coefficient (Wildman–Crippen LogP) is 19.1. The monoisotopic (exact) mass is 891 g/mol. The summed E-state index contributed by atoms with van der Waals surface area (Å²) in [7, 11) is 0. The number of thiophene rings is 2. The van der Waals surface area contributed by atoms with Crippen molar-refractivity contribution in [2.75, 3.05) is 14.7 Å². The summed E-state index contributed by atoms with van der Waals surface area (Å²) >= 11 is 3.75. The van der Waals surface area contributed by atoms with Gasteiger partial charge in [0.05, 0.1) is 5.69 Å². The molecular formula is C62H41N3S2. The molecule has 0 radical (unpaired) electrons. The molecule has 0 aliphatic rings. The Morgan fingerprint density at radius 1 is 0.239 bits per heavy atom. The number of anilines is 9. The average molecular weight is 892 g/mol. The van der Waals surface area contributed by atoms with Crippen LogP contribution in [0.15, 0.2) is 249 Å². The molecule has 3 nitrogen and oxygen atoms in total. The standard InChI is InChI=1S/C62H41N3S2/c1-6-18-43(19-7-1)63(44-20-8-2-9-21-44)48-31-34-51-42(38-48)30-37-59-61(51)56-41-57(65(46-24-12-4-13-25-46)47-26-14-5-15-27-47)52-35-32-49(39-55(52)62(56)67-59)64(45-22-10-3-11-23-45)50-33-36-54-53-28-16-17-29-58(53)66-60(54)40-50/h1-41H. The van der Waals surface area contributed by atoms with Gasteiger partial charge >= 0.3 is 0 Å². The number of fused-ring (bicyclic) bond motifs is 10. The van der Waals surface area contributed by atoms with Gasteiger partial charge in [-0.25, -0.2) is 0 Å². The van der Waals surface area contributed by atoms with Crippen LogP contribution in [-0.2, 0) is 0 Å². The second kappa shape index (κ2) is 16.3. The summed E-state index contributed by atoms with van der Waals surface area (Å²) in [6.45, 7) is 0. The highest BCUT2D eigenvalue weighted by Crippen LogP contribution is 2.50. The Kier molecular flexibility index (Phi) is 9.55. The zero-order chi connectivity index (χ0) is 44.3. The summed E-state index contributed by atoms with van der Waals surface area (Å²) < 4.78 is 5.13. The second-order valence-corrected chi connectivity index (χ2v) is 19.0. The minimum Gasteiger partial charge on any atom is -0.310 e. The quantitative estimate of drug-likeness (QED) is 0.143. The van der Waals surface area contributed by atoms with E-state index in [9.17, 15) is 0 Å². The van der Waals surface area contributed by atoms with Crippen molar-refractivity contribution in [1.29, 1.82) is 0 Å². The molecule has 0 saturated heterocycles. The largest absolute Gasteiger partial charge is 0.310 e. The number of rotatable bonds is 9. The van der Waals surface area contributed by atoms with Crippen molar-refractivity contribution in [2.24, 2.45) is 0 Å². The fraction of sp³-hybridized carbons (Fsp3) is 0. The van der Waals surface area contributed by atoms with E-state index in [0.29, 0.717) is 0 Å². The fourth-order valence-electron chi connectivity index (χ4n) is 9.96. The van der Waals surface area contributed by atoms with E-state index in [1.165, 1.54) is 61.9 Å². The fourth-order valence-corrected chi connectivity index (χ4v) is 12.3. The van der Waals surface area contributed by atoms with Crippen molar-refractivity contribution in [1.82, 2.24) is 0 Å². The first-order valence-electron chi connectivity index (χ1n) is 22.7. The van der Waals surface area contributed by atoms with Crippen molar-refractivity contribution < 1.29 is 0 Å². The molecule has 0 atom stereocenters. The Morgan fingerprint density at radius 3 is 1.30 bits per heavy atom. The predicted molar refractivity (Wildman–Crippen MR) is 291 cm³/mol. The minimum atomic E-state index is 1.11. The molecule has 0 amide bonds. The van der Waals surface area contributed by atoms with Crippen LogP contribution in [0.1, 0.15) is 0 Å². The van der Waals surface area contributed by atoms with E-state index in [4.69, 9.17) is 0 Å². The van der Waals surface area contributed by atoms with Crippen molar-refractivity contribution in [3.8, 4) is 0 Å². The van der Waals surface area contributed by atoms with Crippen LogP contribution in [0.2, 0.25) is 0 Å². The Bertz CT molecular complexity index is 3850. The Balaban J connectivity index is 1.07. The van der Waals surface area contributed by atoms with Crippen LogP contribution in [0.4, 0.5) is 51.2 Å². The molecule has 316 valence electrons. The number of hydrogen-bond acceptors (Lipinski definition) is 5. The van der Waals surface area contributed by atoms with E-state index in [-0.39, 0.29) is 0 Å². The summed E-state index contributed by atoms with van der Waals surface area (Å²) in [5.41, 5.74) is 10.1. The molecule has 67 heavy (non-hydrogen) atoms. The number of para-hydroxylation sites is 5. The van der Waals surface area contributed by atoms with Crippen LogP contribution in [0.3, 0.4) is 0 Å². The maximum Gasteiger partial charge on any atom is 0.0547 e. The molecule has 11 aromatic carbocycles. The third-order valence-electron chi connectivity index (χ3n) is 12.9. The first-order chi connectivity index (χ1) is 33.2. The maximum absolute atomic E-state index is 2.45. The Labute approximate surface area is 396 Å². The van der Waals surface area contributed by atoms with Crippen molar-refractivity contribution in [3.05, 3.63) is 249 Å². The van der Waals surface area contributed by atoms with Gasteiger partial charge in [-0.05, 0) is 126 Å². The van der Waals surface area contributed by atoms with Gasteiger partial charge in [0.1, 0.15) is 0 Å². The molecule has 2 aromatic heterocycles. The number of benzene rings is 11. The van der Waals surface area contributed by atoms with Gasteiger partial charge in [-0.1, -0.05) is 133 Å². The number of nitrogens with zero attached hydrogens (tertiary/aromatic N) is 3. The van der Waals surface area contributed by atoms with Crippen LogP contribution in [0, 0.1) is 0 Å². The van der Waals surface area contributed by atoms with E-state index in [1.807, 2.05) is 22.7 Å². The van der Waals surface area contributed by atoms with Crippen LogP contribution in [0.25, 0.3) is 61.9 Å². The van der Waals surface area contributed by atoms with Gasteiger partial charge in [0.2, 0.25) is 0 Å². The summed E-state index contributed by atoms with van der Waals surface area (Å²) in [4.78, 5) is 7.19. The molecule has 0 aliphatic heterocycles. The van der Waals surface area contributed by atoms with Gasteiger partial charge in [0, 0.05) is 96.6 Å². The molecule has 0 spiro atoms. The Hall–Kier alpha value is -8.22. The first-order valence-corrected chi connectivity index (χ1v) is 24.3. The van der Waals surface area contributed by atoms with Crippen molar-refractivity contribution >= 4 is 136 Å². The lowest BCUT2D eigenvalue weighted by atomic mass is 9.98. The van der Waals surface area contributed by atoms with Gasteiger partial charge in [0.15, 0.2) is 0 Å². The molecule has 0 saturated carbocycles. The Morgan fingerprint density at radius 2 is 0.701 bits per heavy atom. The highest BCUT2D eigenvalue weighted by atomic mass is 32.1. The molecule has 0 N–H and O–H groups in total. The van der Waals surface area contributed by atoms with E-state index in [1.54, 1.807) is 0 Å². The highest BCUT2D eigenvalue weighted by molar-refractivity contribution is 7.27. The normalized spacial score (nSPS) is 11.6. The lowest BCUT2D eigenvalue weighted by Gasteiger charge is -2.29. The lowest BCUT2D eigenvalue weighted by molar-refractivity contribution is 1.29. The first kappa shape index (κ1) is 39.2. The molecule has 13 rings (SSSR count). The van der Waals surface area contributed by atoms with Crippen LogP contribution < -0.4 is 14.7 Å². The molecule has 0 fully saturated rings. The molecule has 0 bridgehead atoms. The summed E-state index contributed by atoms with van der Waals surface area (Å²) in [6, 6.07) is 90.6. The van der Waals surface area contributed by atoms with Crippen LogP contribution in [-0.4, -0.2) is 0 Å². The number of hydrogen-bond donors (Lipinski definition) is 0. The van der Waals surface area contributed by atoms with E-state index in [0.717, 1.165) is 51.2 Å². The van der Waals surface area contributed by atoms with Gasteiger partial charge in [0.25, 0.3) is 0 Å². The highest BCUT2D eigenvalue weighted by Gasteiger charge is 2.23. The topological polar surface area (TPSA) is 9.72 Å². The van der Waals surface area contributed by atoms with Crippen molar-refractivity contribution in [3.63, 3.8) is 0 Å². The molecule has 0 unspecified atom stereocenters. The molecular weight excluding hydrogens is 851 g/mol. The third kappa shape index (κ3) is 6.78. The summed E-state index contributed by atoms with van der Waals surface area (Å²) in [5.74, 6) is 0. The van der Waals surface area contributed by atoms with Gasteiger partial charge in [-0.15, -0.1) is 22.7 Å². The zero-order valence-electron chi connectivity index (χ0n) is 36.3. The average Bonchev–Trinajstić information content (AvgIpc) is 3.97. The summed E-state index contributed by atoms with van der Waals surface area (Å²) in [5, 5.41) is 9.97. The second-order valence-electron chi connectivity index (χ2n) is 16.9. The minimum absolute atomic E-state index is 1.11. The van der Waals surface area contributed by atoms with E-state index < -0.39 is 0 Å². The SMILES string of the molecule is c1ccc(N(c2ccccc2)c2ccc3c(ccc4sc5c6cc(N(c7ccccc7)c7ccc8c(c7)sc7ccccc78)ccc6c(N(c6ccccc6)c6ccccc6)cc5c43)c2)cc1. The molecule has 2 heterocycles. The van der Waals surface area contributed by atoms with Crippen LogP contribution in [0.5, 0.6) is 0 Å². The molecule has 5 heteroatoms. The molecule has 13 aromatic rings. The van der Waals surface area contributed by atoms with Crippen molar-refractivity contribution in [2.45, 2.75) is 0 Å². The van der Waals surface area contributed by atoms with Gasteiger partial charge in [-0.2, -0.15) is 0 Å². The van der Waals surface area contributed by atoms with Gasteiger partial charge < -0.3 is 14.7 Å². The maximum atomic E-state index is 2.45. The zero-order valence-corrected chi connectivity index (χ0v) is 38.0. The lowest BCUT2D eigenvalue weighted by Crippen LogP contribution is -2.11. The third-order valence-corrected chi connectivity index (χ3v) is 15.3. The summed E-state index contributed by atoms with van der Waals surface area (Å²) in [6.07, 6.45) is 0. The van der Waals surface area contributed by atoms with E-state index >= 15 is 0 Å². The van der Waals surface area contributed by atoms with E-state index in [2.05, 4.69) is 263 Å². The van der Waals surface area contributed by atoms with Crippen LogP contribution >= 0.6 is 22.7 Å². The van der Waals surface area contributed by atoms with Gasteiger partial charge in [-0.3, -0.25) is 0 Å². The molecule has 0 aliphatic carbocycles. The smallest absolute Gasteiger partial charge is 0.0547 e.